The second-order valence-corrected chi connectivity index (χ2v) is 9.19. The van der Waals surface area contributed by atoms with Crippen molar-refractivity contribution in [2.45, 2.75) is 33.7 Å². The molecule has 6 nitrogen and oxygen atoms in total. The number of aliphatic hydroxyl groups excluding tert-OH is 1. The standard InChI is InChI=1S/C30H31NO5/c1-5-35-24-11-8-10-22(17-24)31-27(25-12-7-6-9-20(25)4)26(29(33)30(31)34)28(32)21-13-15-23(16-14-21)36-18-19(2)3/h6-17,19,27,32H,5,18H2,1-4H3/b28-26+. The normalized spacial score (nSPS) is 17.0. The molecule has 3 aromatic rings. The molecule has 1 heterocycles. The van der Waals surface area contributed by atoms with Gasteiger partial charge in [0, 0.05) is 17.3 Å². The third-order valence-corrected chi connectivity index (χ3v) is 6.05. The van der Waals surface area contributed by atoms with Gasteiger partial charge in [0.1, 0.15) is 17.3 Å². The van der Waals surface area contributed by atoms with Gasteiger partial charge in [-0.3, -0.25) is 14.5 Å². The van der Waals surface area contributed by atoms with Gasteiger partial charge in [-0.25, -0.2) is 0 Å². The first-order valence-electron chi connectivity index (χ1n) is 12.1. The van der Waals surface area contributed by atoms with Crippen molar-refractivity contribution in [3.8, 4) is 11.5 Å². The van der Waals surface area contributed by atoms with E-state index in [1.165, 1.54) is 4.90 Å². The van der Waals surface area contributed by atoms with Crippen molar-refractivity contribution in [3.05, 3.63) is 95.1 Å². The van der Waals surface area contributed by atoms with Crippen LogP contribution >= 0.6 is 0 Å². The second kappa shape index (κ2) is 10.7. The Bertz CT molecular complexity index is 1290. The SMILES string of the molecule is CCOc1cccc(N2C(=O)C(=O)/C(=C(/O)c3ccc(OCC(C)C)cc3)C2c2ccccc2C)c1. The van der Waals surface area contributed by atoms with Crippen LogP contribution in [0, 0.1) is 12.8 Å². The number of aliphatic hydroxyl groups is 1. The van der Waals surface area contributed by atoms with Crippen LogP contribution in [-0.4, -0.2) is 30.0 Å². The summed E-state index contributed by atoms with van der Waals surface area (Å²) >= 11 is 0. The van der Waals surface area contributed by atoms with E-state index in [-0.39, 0.29) is 11.3 Å². The number of rotatable bonds is 8. The number of ether oxygens (including phenoxy) is 2. The van der Waals surface area contributed by atoms with Crippen molar-refractivity contribution in [1.29, 1.82) is 0 Å². The topological polar surface area (TPSA) is 76.1 Å². The molecule has 1 unspecified atom stereocenters. The second-order valence-electron chi connectivity index (χ2n) is 9.19. The number of anilines is 1. The van der Waals surface area contributed by atoms with Gasteiger partial charge in [-0.15, -0.1) is 0 Å². The minimum Gasteiger partial charge on any atom is -0.507 e. The molecule has 1 amide bonds. The van der Waals surface area contributed by atoms with Crippen LogP contribution in [0.25, 0.3) is 5.76 Å². The summed E-state index contributed by atoms with van der Waals surface area (Å²) in [5.41, 5.74) is 2.67. The summed E-state index contributed by atoms with van der Waals surface area (Å²) in [5.74, 6) is -0.00997. The molecule has 0 aliphatic carbocycles. The third kappa shape index (κ3) is 4.98. The molecule has 3 aromatic carbocycles. The van der Waals surface area contributed by atoms with Crippen LogP contribution in [0.5, 0.6) is 11.5 Å². The number of hydrogen-bond acceptors (Lipinski definition) is 5. The highest BCUT2D eigenvalue weighted by Gasteiger charge is 2.47. The fraction of sp³-hybridized carbons (Fsp3) is 0.267. The van der Waals surface area contributed by atoms with E-state index in [9.17, 15) is 14.7 Å². The molecule has 6 heteroatoms. The maximum atomic E-state index is 13.4. The summed E-state index contributed by atoms with van der Waals surface area (Å²) in [6.07, 6.45) is 0. The van der Waals surface area contributed by atoms with Crippen molar-refractivity contribution in [3.63, 3.8) is 0 Å². The number of nitrogens with zero attached hydrogens (tertiary/aromatic N) is 1. The Morgan fingerprint density at radius 1 is 0.944 bits per heavy atom. The van der Waals surface area contributed by atoms with E-state index in [1.807, 2.05) is 38.1 Å². The van der Waals surface area contributed by atoms with Gasteiger partial charge in [-0.2, -0.15) is 0 Å². The number of aryl methyl sites for hydroxylation is 1. The summed E-state index contributed by atoms with van der Waals surface area (Å²) < 4.78 is 11.4. The van der Waals surface area contributed by atoms with Gasteiger partial charge in [0.25, 0.3) is 11.7 Å². The van der Waals surface area contributed by atoms with E-state index < -0.39 is 17.7 Å². The monoisotopic (exact) mass is 485 g/mol. The molecule has 4 rings (SSSR count). The predicted octanol–water partition coefficient (Wildman–Crippen LogP) is 6.05. The molecular formula is C30H31NO5. The Kier molecular flexibility index (Phi) is 7.44. The van der Waals surface area contributed by atoms with Crippen molar-refractivity contribution >= 4 is 23.1 Å². The number of hydrogen-bond donors (Lipinski definition) is 1. The average Bonchev–Trinajstić information content (AvgIpc) is 3.13. The van der Waals surface area contributed by atoms with Crippen molar-refractivity contribution in [2.24, 2.45) is 5.92 Å². The molecule has 1 N–H and O–H groups in total. The summed E-state index contributed by atoms with van der Waals surface area (Å²) in [6.45, 7) is 8.98. The van der Waals surface area contributed by atoms with Crippen LogP contribution in [0.3, 0.4) is 0 Å². The van der Waals surface area contributed by atoms with Crippen molar-refractivity contribution in [1.82, 2.24) is 0 Å². The lowest BCUT2D eigenvalue weighted by atomic mass is 9.92. The summed E-state index contributed by atoms with van der Waals surface area (Å²) in [7, 11) is 0. The number of amides is 1. The summed E-state index contributed by atoms with van der Waals surface area (Å²) in [6, 6.07) is 20.8. The Labute approximate surface area is 211 Å². The molecular weight excluding hydrogens is 454 g/mol. The van der Waals surface area contributed by atoms with E-state index in [4.69, 9.17) is 9.47 Å². The lowest BCUT2D eigenvalue weighted by Gasteiger charge is -2.27. The van der Waals surface area contributed by atoms with Crippen LogP contribution in [0.2, 0.25) is 0 Å². The van der Waals surface area contributed by atoms with E-state index >= 15 is 0 Å². The zero-order valence-electron chi connectivity index (χ0n) is 21.0. The molecule has 1 aliphatic rings. The number of benzene rings is 3. The molecule has 1 saturated heterocycles. The van der Waals surface area contributed by atoms with Crippen LogP contribution in [0.1, 0.15) is 43.5 Å². The summed E-state index contributed by atoms with van der Waals surface area (Å²) in [4.78, 5) is 28.2. The van der Waals surface area contributed by atoms with Gasteiger partial charge >= 0.3 is 0 Å². The van der Waals surface area contributed by atoms with Gasteiger partial charge in [-0.05, 0) is 67.3 Å². The fourth-order valence-electron chi connectivity index (χ4n) is 4.30. The lowest BCUT2D eigenvalue weighted by molar-refractivity contribution is -0.132. The lowest BCUT2D eigenvalue weighted by Crippen LogP contribution is -2.29. The van der Waals surface area contributed by atoms with Crippen molar-refractivity contribution < 1.29 is 24.2 Å². The molecule has 36 heavy (non-hydrogen) atoms. The first kappa shape index (κ1) is 25.0. The van der Waals surface area contributed by atoms with E-state index in [1.54, 1.807) is 48.5 Å². The molecule has 0 spiro atoms. The summed E-state index contributed by atoms with van der Waals surface area (Å²) in [5, 5.41) is 11.4. The molecule has 0 radical (unpaired) electrons. The van der Waals surface area contributed by atoms with Crippen LogP contribution < -0.4 is 14.4 Å². The largest absolute Gasteiger partial charge is 0.507 e. The maximum absolute atomic E-state index is 13.4. The fourth-order valence-corrected chi connectivity index (χ4v) is 4.30. The first-order chi connectivity index (χ1) is 17.3. The molecule has 0 aromatic heterocycles. The van der Waals surface area contributed by atoms with Crippen LogP contribution in [0.15, 0.2) is 78.4 Å². The highest BCUT2D eigenvalue weighted by atomic mass is 16.5. The first-order valence-corrected chi connectivity index (χ1v) is 12.1. The quantitative estimate of drug-likeness (QED) is 0.239. The average molecular weight is 486 g/mol. The Hall–Kier alpha value is -4.06. The van der Waals surface area contributed by atoms with Gasteiger partial charge in [0.15, 0.2) is 0 Å². The van der Waals surface area contributed by atoms with E-state index in [0.717, 1.165) is 11.1 Å². The Balaban J connectivity index is 1.83. The van der Waals surface area contributed by atoms with Crippen molar-refractivity contribution in [2.75, 3.05) is 18.1 Å². The highest BCUT2D eigenvalue weighted by Crippen LogP contribution is 2.43. The zero-order valence-corrected chi connectivity index (χ0v) is 21.0. The number of carbonyl (C=O) groups is 2. The zero-order chi connectivity index (χ0) is 25.8. The smallest absolute Gasteiger partial charge is 0.300 e. The molecule has 1 aliphatic heterocycles. The molecule has 186 valence electrons. The maximum Gasteiger partial charge on any atom is 0.300 e. The van der Waals surface area contributed by atoms with Gasteiger partial charge < -0.3 is 14.6 Å². The predicted molar refractivity (Wildman–Crippen MR) is 140 cm³/mol. The molecule has 1 fully saturated rings. The van der Waals surface area contributed by atoms with Gasteiger partial charge in [0.2, 0.25) is 0 Å². The molecule has 0 saturated carbocycles. The molecule has 0 bridgehead atoms. The van der Waals surface area contributed by atoms with Crippen LogP contribution in [-0.2, 0) is 9.59 Å². The number of ketones is 1. The van der Waals surface area contributed by atoms with Gasteiger partial charge in [-0.1, -0.05) is 44.2 Å². The Morgan fingerprint density at radius 3 is 2.33 bits per heavy atom. The van der Waals surface area contributed by atoms with Crippen LogP contribution in [0.4, 0.5) is 5.69 Å². The number of carbonyl (C=O) groups excluding carboxylic acids is 2. The van der Waals surface area contributed by atoms with Gasteiger partial charge in [0.05, 0.1) is 24.8 Å². The molecule has 1 atom stereocenters. The third-order valence-electron chi connectivity index (χ3n) is 6.05. The van der Waals surface area contributed by atoms with E-state index in [0.29, 0.717) is 41.9 Å². The van der Waals surface area contributed by atoms with E-state index in [2.05, 4.69) is 13.8 Å². The minimum atomic E-state index is -0.792. The highest BCUT2D eigenvalue weighted by molar-refractivity contribution is 6.51. The number of Topliss-reactive ketones (excluding diaryl/α,β-unsaturated/α-hetero) is 1. The Morgan fingerprint density at radius 2 is 1.67 bits per heavy atom. The minimum absolute atomic E-state index is 0.0481.